The normalized spacial score (nSPS) is 23.7. The van der Waals surface area contributed by atoms with Crippen molar-refractivity contribution in [2.24, 2.45) is 0 Å². The maximum absolute atomic E-state index is 6.95. The lowest BCUT2D eigenvalue weighted by Gasteiger charge is -2.52. The van der Waals surface area contributed by atoms with Crippen LogP contribution in [0.3, 0.4) is 0 Å². The van der Waals surface area contributed by atoms with Crippen LogP contribution in [0.4, 0.5) is 0 Å². The summed E-state index contributed by atoms with van der Waals surface area (Å²) in [4.78, 5) is 0. The minimum atomic E-state index is -2.47. The zero-order valence-corrected chi connectivity index (χ0v) is 18.5. The van der Waals surface area contributed by atoms with Gasteiger partial charge < -0.3 is 4.12 Å². The van der Waals surface area contributed by atoms with Gasteiger partial charge in [0.15, 0.2) is 8.32 Å². The quantitative estimate of drug-likeness (QED) is 0.353. The molecule has 0 atom stereocenters. The van der Waals surface area contributed by atoms with Gasteiger partial charge in [0.1, 0.15) is 0 Å². The van der Waals surface area contributed by atoms with E-state index in [9.17, 15) is 0 Å². The number of hydrogen-bond donors (Lipinski definition) is 0. The average molecular weight is 402 g/mol. The van der Waals surface area contributed by atoms with Crippen molar-refractivity contribution in [3.05, 3.63) is 0 Å². The van der Waals surface area contributed by atoms with Crippen molar-refractivity contribution in [3.63, 3.8) is 0 Å². The second kappa shape index (κ2) is 7.65. The Balaban J connectivity index is 2.41. The molecule has 6 heteroatoms. The first-order chi connectivity index (χ1) is 10.2. The Kier molecular flexibility index (Phi) is 6.82. The topological polar surface area (TPSA) is 9.23 Å². The van der Waals surface area contributed by atoms with Crippen LogP contribution in [0.2, 0.25) is 30.7 Å². The van der Waals surface area contributed by atoms with Crippen LogP contribution in [0, 0.1) is 0 Å². The molecule has 0 unspecified atom stereocenters. The fourth-order valence-corrected chi connectivity index (χ4v) is 18.4. The van der Waals surface area contributed by atoms with E-state index >= 15 is 0 Å². The van der Waals surface area contributed by atoms with E-state index < -0.39 is 20.1 Å². The molecule has 0 heterocycles. The summed E-state index contributed by atoms with van der Waals surface area (Å²) in [6, 6.07) is 0. The van der Waals surface area contributed by atoms with E-state index in [1.165, 1.54) is 64.2 Å². The van der Waals surface area contributed by atoms with Gasteiger partial charge in [-0.1, -0.05) is 99.0 Å². The Morgan fingerprint density at radius 1 is 0.727 bits per heavy atom. The number of rotatable bonds is 4. The molecule has 0 amide bonds. The van der Waals surface area contributed by atoms with Crippen LogP contribution in [0.5, 0.6) is 0 Å². The Bertz CT molecular complexity index is 335. The highest BCUT2D eigenvalue weighted by atomic mass is 35.6. The predicted octanol–water partition coefficient (Wildman–Crippen LogP) is 7.36. The minimum absolute atomic E-state index is 0.531. The lowest BCUT2D eigenvalue weighted by atomic mass is 9.99. The van der Waals surface area contributed by atoms with Crippen LogP contribution in [0.25, 0.3) is 0 Å². The molecule has 2 aliphatic carbocycles. The van der Waals surface area contributed by atoms with Crippen LogP contribution in [0.15, 0.2) is 0 Å². The molecule has 0 aliphatic heterocycles. The summed E-state index contributed by atoms with van der Waals surface area (Å²) in [5.41, 5.74) is 1.06. The smallest absolute Gasteiger partial charge is 0.243 e. The third-order valence-electron chi connectivity index (χ3n) is 5.34. The summed E-state index contributed by atoms with van der Waals surface area (Å²) in [7, 11) is -4.23. The van der Waals surface area contributed by atoms with Gasteiger partial charge in [-0.15, -0.1) is 0 Å². The Morgan fingerprint density at radius 2 is 1.09 bits per heavy atom. The van der Waals surface area contributed by atoms with E-state index in [4.69, 9.17) is 38.9 Å². The standard InChI is InChI=1S/C16H31Cl3OSi2/c1-21(2,3)20-22(16(17,18)19,14-10-6-4-7-11-14)15-12-8-5-9-13-15/h14-15H,4-13H2,1-3H3. The van der Waals surface area contributed by atoms with Gasteiger partial charge in [-0.3, -0.25) is 0 Å². The molecule has 22 heavy (non-hydrogen) atoms. The van der Waals surface area contributed by atoms with E-state index in [0.717, 1.165) is 0 Å². The van der Waals surface area contributed by atoms with Crippen LogP contribution in [0.1, 0.15) is 64.2 Å². The van der Waals surface area contributed by atoms with Gasteiger partial charge in [-0.05, 0) is 30.7 Å². The van der Waals surface area contributed by atoms with Crippen molar-refractivity contribution in [3.8, 4) is 0 Å². The summed E-state index contributed by atoms with van der Waals surface area (Å²) in [5.74, 6) is 0. The first-order valence-corrected chi connectivity index (χ1v) is 15.5. The maximum Gasteiger partial charge on any atom is 0.243 e. The molecule has 0 saturated heterocycles. The van der Waals surface area contributed by atoms with E-state index in [0.29, 0.717) is 11.1 Å². The highest BCUT2D eigenvalue weighted by molar-refractivity contribution is 7.06. The fraction of sp³-hybridized carbons (Fsp3) is 1.00. The first-order valence-electron chi connectivity index (χ1n) is 8.94. The van der Waals surface area contributed by atoms with E-state index in [1.807, 2.05) is 0 Å². The molecule has 0 N–H and O–H groups in total. The molecule has 0 aromatic carbocycles. The molecule has 1 nitrogen and oxygen atoms in total. The third-order valence-corrected chi connectivity index (χ3v) is 16.3. The second-order valence-electron chi connectivity index (χ2n) is 8.18. The minimum Gasteiger partial charge on any atom is -0.452 e. The molecule has 0 bridgehead atoms. The van der Waals surface area contributed by atoms with E-state index in [1.54, 1.807) is 0 Å². The lowest BCUT2D eigenvalue weighted by Crippen LogP contribution is -2.63. The van der Waals surface area contributed by atoms with Gasteiger partial charge >= 0.3 is 0 Å². The molecule has 0 spiro atoms. The van der Waals surface area contributed by atoms with Crippen molar-refractivity contribution >= 4 is 51.4 Å². The number of hydrogen-bond acceptors (Lipinski definition) is 1. The molecule has 130 valence electrons. The molecule has 2 fully saturated rings. The molecular formula is C16H31Cl3OSi2. The fourth-order valence-electron chi connectivity index (χ4n) is 4.59. The first kappa shape index (κ1) is 19.6. The summed E-state index contributed by atoms with van der Waals surface area (Å²) >= 11 is 20.2. The summed E-state index contributed by atoms with van der Waals surface area (Å²) < 4.78 is 5.75. The summed E-state index contributed by atoms with van der Waals surface area (Å²) in [6.07, 6.45) is 12.6. The molecule has 2 saturated carbocycles. The monoisotopic (exact) mass is 400 g/mol. The molecule has 0 radical (unpaired) electrons. The SMILES string of the molecule is C[Si](C)(C)O[Si](C1CCCCC1)(C1CCCCC1)C(Cl)(Cl)Cl. The molecular weight excluding hydrogens is 371 g/mol. The Labute approximate surface area is 153 Å². The molecule has 0 aromatic heterocycles. The zero-order chi connectivity index (χ0) is 16.4. The average Bonchev–Trinajstić information content (AvgIpc) is 2.44. The lowest BCUT2D eigenvalue weighted by molar-refractivity contribution is 0.379. The predicted molar refractivity (Wildman–Crippen MR) is 104 cm³/mol. The van der Waals surface area contributed by atoms with Crippen LogP contribution >= 0.6 is 34.8 Å². The van der Waals surface area contributed by atoms with Gasteiger partial charge in [0.2, 0.25) is 11.7 Å². The van der Waals surface area contributed by atoms with E-state index in [-0.39, 0.29) is 0 Å². The molecule has 2 aliphatic rings. The molecule has 2 rings (SSSR count). The third kappa shape index (κ3) is 4.46. The van der Waals surface area contributed by atoms with Crippen LogP contribution < -0.4 is 0 Å². The van der Waals surface area contributed by atoms with Gasteiger partial charge in [-0.2, -0.15) is 0 Å². The second-order valence-corrected chi connectivity index (χ2v) is 20.4. The molecule has 0 aromatic rings. The Hall–Kier alpha value is 1.26. The van der Waals surface area contributed by atoms with Crippen LogP contribution in [-0.4, -0.2) is 20.1 Å². The highest BCUT2D eigenvalue weighted by Gasteiger charge is 2.63. The van der Waals surface area contributed by atoms with Gasteiger partial charge in [-0.25, -0.2) is 0 Å². The Morgan fingerprint density at radius 3 is 1.36 bits per heavy atom. The zero-order valence-electron chi connectivity index (χ0n) is 14.3. The van der Waals surface area contributed by atoms with Crippen molar-refractivity contribution in [2.75, 3.05) is 0 Å². The van der Waals surface area contributed by atoms with Crippen LogP contribution in [-0.2, 0) is 4.12 Å². The van der Waals surface area contributed by atoms with Crippen molar-refractivity contribution in [1.82, 2.24) is 0 Å². The summed E-state index contributed by atoms with van der Waals surface area (Å²) in [6.45, 7) is 6.78. The van der Waals surface area contributed by atoms with Gasteiger partial charge in [0.25, 0.3) is 0 Å². The van der Waals surface area contributed by atoms with Gasteiger partial charge in [0.05, 0.1) is 0 Å². The maximum atomic E-state index is 6.95. The largest absolute Gasteiger partial charge is 0.452 e. The van der Waals surface area contributed by atoms with Gasteiger partial charge in [0, 0.05) is 0 Å². The number of alkyl halides is 3. The highest BCUT2D eigenvalue weighted by Crippen LogP contribution is 2.58. The van der Waals surface area contributed by atoms with Crippen molar-refractivity contribution < 1.29 is 4.12 Å². The van der Waals surface area contributed by atoms with Crippen molar-refractivity contribution in [2.45, 2.75) is 98.3 Å². The summed E-state index contributed by atoms with van der Waals surface area (Å²) in [5, 5.41) is 0. The number of halogens is 3. The van der Waals surface area contributed by atoms with E-state index in [2.05, 4.69) is 19.6 Å². The van der Waals surface area contributed by atoms with Crippen molar-refractivity contribution in [1.29, 1.82) is 0 Å².